The number of hydrogen-bond acceptors (Lipinski definition) is 5. The van der Waals surface area contributed by atoms with Crippen LogP contribution in [0.2, 0.25) is 0 Å². The normalized spacial score (nSPS) is 15.8. The zero-order valence-electron chi connectivity index (χ0n) is 18.0. The predicted molar refractivity (Wildman–Crippen MR) is 122 cm³/mol. The molecular weight excluding hydrogens is 428 g/mol. The fourth-order valence-corrected chi connectivity index (χ4v) is 4.49. The van der Waals surface area contributed by atoms with Crippen LogP contribution in [0.4, 0.5) is 4.79 Å². The lowest BCUT2D eigenvalue weighted by molar-refractivity contribution is -0.142. The van der Waals surface area contributed by atoms with Crippen molar-refractivity contribution in [2.75, 3.05) is 0 Å². The highest BCUT2D eigenvalue weighted by Crippen LogP contribution is 2.20. The summed E-state index contributed by atoms with van der Waals surface area (Å²) in [5.74, 6) is -0.501. The van der Waals surface area contributed by atoms with Gasteiger partial charge in [-0.2, -0.15) is 0 Å². The monoisotopic (exact) mass is 456 g/mol. The van der Waals surface area contributed by atoms with Gasteiger partial charge in [0.05, 0.1) is 4.90 Å². The molecule has 0 aromatic heterocycles. The first kappa shape index (κ1) is 23.5. The van der Waals surface area contributed by atoms with Gasteiger partial charge in [0.2, 0.25) is 0 Å². The van der Waals surface area contributed by atoms with Gasteiger partial charge in [0, 0.05) is 12.1 Å². The molecule has 1 aliphatic carbocycles. The standard InChI is InChI=1S/C24H28N2O5S/c1-18(31-23(27)17-12-19-8-4-2-5-9-19)20-13-15-22(16-14-20)32(29,30)26-24(28)25-21-10-6-3-7-11-21/h2,4-5,8-9,12-18,21H,3,6-7,10-11H2,1H3,(H2,25,26,28). The minimum atomic E-state index is -4.00. The third kappa shape index (κ3) is 6.95. The summed E-state index contributed by atoms with van der Waals surface area (Å²) in [4.78, 5) is 24.1. The number of ether oxygens (including phenoxy) is 1. The molecule has 2 aromatic rings. The first-order chi connectivity index (χ1) is 15.3. The molecule has 3 rings (SSSR count). The van der Waals surface area contributed by atoms with Crippen LogP contribution in [-0.2, 0) is 19.6 Å². The van der Waals surface area contributed by atoms with Gasteiger partial charge < -0.3 is 10.1 Å². The number of benzene rings is 2. The van der Waals surface area contributed by atoms with Gasteiger partial charge >= 0.3 is 12.0 Å². The molecule has 1 aliphatic rings. The van der Waals surface area contributed by atoms with Gasteiger partial charge in [-0.05, 0) is 49.1 Å². The lowest BCUT2D eigenvalue weighted by Crippen LogP contribution is -2.45. The van der Waals surface area contributed by atoms with Gasteiger partial charge in [0.15, 0.2) is 0 Å². The molecule has 2 aromatic carbocycles. The summed E-state index contributed by atoms with van der Waals surface area (Å²) in [5.41, 5.74) is 1.52. The van der Waals surface area contributed by atoms with Crippen molar-refractivity contribution in [1.82, 2.24) is 10.0 Å². The number of hydrogen-bond donors (Lipinski definition) is 2. The third-order valence-electron chi connectivity index (χ3n) is 5.33. The summed E-state index contributed by atoms with van der Waals surface area (Å²) in [7, 11) is -4.00. The van der Waals surface area contributed by atoms with Crippen LogP contribution >= 0.6 is 0 Å². The molecule has 0 radical (unpaired) electrons. The molecule has 32 heavy (non-hydrogen) atoms. The van der Waals surface area contributed by atoms with E-state index in [1.807, 2.05) is 30.3 Å². The van der Waals surface area contributed by atoms with E-state index in [9.17, 15) is 18.0 Å². The van der Waals surface area contributed by atoms with Gasteiger partial charge in [-0.25, -0.2) is 22.7 Å². The van der Waals surface area contributed by atoms with E-state index in [1.54, 1.807) is 25.1 Å². The maximum absolute atomic E-state index is 12.5. The molecule has 1 unspecified atom stereocenters. The van der Waals surface area contributed by atoms with E-state index < -0.39 is 28.1 Å². The van der Waals surface area contributed by atoms with Gasteiger partial charge in [0.25, 0.3) is 10.0 Å². The van der Waals surface area contributed by atoms with Crippen LogP contribution in [0.5, 0.6) is 0 Å². The Kier molecular flexibility index (Phi) is 8.05. The Morgan fingerprint density at radius 3 is 2.31 bits per heavy atom. The highest BCUT2D eigenvalue weighted by molar-refractivity contribution is 7.90. The van der Waals surface area contributed by atoms with Crippen molar-refractivity contribution < 1.29 is 22.7 Å². The molecular formula is C24H28N2O5S. The SMILES string of the molecule is CC(OC(=O)C=Cc1ccccc1)c1ccc(S(=O)(=O)NC(=O)NC2CCCCC2)cc1. The smallest absolute Gasteiger partial charge is 0.331 e. The lowest BCUT2D eigenvalue weighted by Gasteiger charge is -2.22. The molecule has 1 fully saturated rings. The summed E-state index contributed by atoms with van der Waals surface area (Å²) in [5, 5.41) is 2.73. The van der Waals surface area contributed by atoms with Crippen LogP contribution in [-0.4, -0.2) is 26.5 Å². The van der Waals surface area contributed by atoms with Crippen molar-refractivity contribution in [2.24, 2.45) is 0 Å². The van der Waals surface area contributed by atoms with Gasteiger partial charge in [-0.1, -0.05) is 61.7 Å². The minimum absolute atomic E-state index is 0.00722. The fraction of sp³-hybridized carbons (Fsp3) is 0.333. The Labute approximate surface area is 188 Å². The van der Waals surface area contributed by atoms with Crippen molar-refractivity contribution in [3.8, 4) is 0 Å². The van der Waals surface area contributed by atoms with Crippen LogP contribution in [0.3, 0.4) is 0 Å². The third-order valence-corrected chi connectivity index (χ3v) is 6.68. The van der Waals surface area contributed by atoms with Gasteiger partial charge in [-0.15, -0.1) is 0 Å². The topological polar surface area (TPSA) is 102 Å². The van der Waals surface area contributed by atoms with E-state index in [2.05, 4.69) is 10.0 Å². The summed E-state index contributed by atoms with van der Waals surface area (Å²) in [6.45, 7) is 1.70. The average molecular weight is 457 g/mol. The number of nitrogens with one attached hydrogen (secondary N) is 2. The Bertz CT molecular complexity index is 1040. The first-order valence-electron chi connectivity index (χ1n) is 10.7. The van der Waals surface area contributed by atoms with Crippen LogP contribution in [0.25, 0.3) is 6.08 Å². The van der Waals surface area contributed by atoms with Crippen LogP contribution < -0.4 is 10.0 Å². The van der Waals surface area contributed by atoms with E-state index in [4.69, 9.17) is 4.74 Å². The maximum Gasteiger partial charge on any atom is 0.331 e. The quantitative estimate of drug-likeness (QED) is 0.477. The summed E-state index contributed by atoms with van der Waals surface area (Å²) in [6, 6.07) is 14.6. The minimum Gasteiger partial charge on any atom is -0.455 e. The lowest BCUT2D eigenvalue weighted by atomic mass is 9.96. The van der Waals surface area contributed by atoms with Crippen LogP contribution in [0.1, 0.15) is 56.3 Å². The second-order valence-electron chi connectivity index (χ2n) is 7.81. The Hall–Kier alpha value is -3.13. The summed E-state index contributed by atoms with van der Waals surface area (Å²) >= 11 is 0. The molecule has 8 heteroatoms. The second-order valence-corrected chi connectivity index (χ2v) is 9.49. The average Bonchev–Trinajstić information content (AvgIpc) is 2.78. The van der Waals surface area contributed by atoms with Crippen molar-refractivity contribution in [3.05, 3.63) is 71.8 Å². The molecule has 2 amide bonds. The van der Waals surface area contributed by atoms with E-state index >= 15 is 0 Å². The highest BCUT2D eigenvalue weighted by atomic mass is 32.2. The number of carbonyl (C=O) groups is 2. The summed E-state index contributed by atoms with van der Waals surface area (Å²) < 4.78 is 32.4. The molecule has 1 saturated carbocycles. The highest BCUT2D eigenvalue weighted by Gasteiger charge is 2.21. The van der Waals surface area contributed by atoms with Crippen molar-refractivity contribution in [2.45, 2.75) is 56.1 Å². The van der Waals surface area contributed by atoms with E-state index in [-0.39, 0.29) is 10.9 Å². The number of urea groups is 1. The van der Waals surface area contributed by atoms with Crippen LogP contribution in [0.15, 0.2) is 65.6 Å². The molecule has 2 N–H and O–H groups in total. The van der Waals surface area contributed by atoms with E-state index in [0.717, 1.165) is 37.7 Å². The van der Waals surface area contributed by atoms with Gasteiger partial charge in [-0.3, -0.25) is 0 Å². The molecule has 1 atom stereocenters. The van der Waals surface area contributed by atoms with Crippen LogP contribution in [0, 0.1) is 0 Å². The Morgan fingerprint density at radius 2 is 1.66 bits per heavy atom. The number of carbonyl (C=O) groups excluding carboxylic acids is 2. The molecule has 0 bridgehead atoms. The number of amides is 2. The molecule has 0 spiro atoms. The second kappa shape index (κ2) is 10.9. The predicted octanol–water partition coefficient (Wildman–Crippen LogP) is 4.32. The maximum atomic E-state index is 12.5. The fourth-order valence-electron chi connectivity index (χ4n) is 3.57. The van der Waals surface area contributed by atoms with E-state index in [0.29, 0.717) is 5.56 Å². The Morgan fingerprint density at radius 1 is 1.00 bits per heavy atom. The van der Waals surface area contributed by atoms with Crippen molar-refractivity contribution in [3.63, 3.8) is 0 Å². The molecule has 0 heterocycles. The van der Waals surface area contributed by atoms with E-state index in [1.165, 1.54) is 18.2 Å². The zero-order valence-corrected chi connectivity index (χ0v) is 18.8. The number of esters is 1. The molecule has 7 nitrogen and oxygen atoms in total. The summed E-state index contributed by atoms with van der Waals surface area (Å²) in [6.07, 6.45) is 7.37. The number of sulfonamides is 1. The molecule has 0 saturated heterocycles. The zero-order chi connectivity index (χ0) is 23.0. The molecule has 170 valence electrons. The largest absolute Gasteiger partial charge is 0.455 e. The van der Waals surface area contributed by atoms with Crippen molar-refractivity contribution in [1.29, 1.82) is 0 Å². The van der Waals surface area contributed by atoms with Crippen molar-refractivity contribution >= 4 is 28.1 Å². The van der Waals surface area contributed by atoms with Gasteiger partial charge in [0.1, 0.15) is 6.10 Å². The Balaban J connectivity index is 1.55. The first-order valence-corrected chi connectivity index (χ1v) is 12.2. The number of rotatable bonds is 7. The molecule has 0 aliphatic heterocycles.